The lowest BCUT2D eigenvalue weighted by molar-refractivity contribution is -0.127. The van der Waals surface area contributed by atoms with Gasteiger partial charge in [-0.25, -0.2) is 0 Å². The monoisotopic (exact) mass is 202 g/mol. The van der Waals surface area contributed by atoms with Gasteiger partial charge in [0, 0.05) is 12.8 Å². The van der Waals surface area contributed by atoms with E-state index in [1.165, 1.54) is 5.56 Å². The van der Waals surface area contributed by atoms with Crippen molar-refractivity contribution in [2.75, 3.05) is 0 Å². The van der Waals surface area contributed by atoms with Crippen molar-refractivity contribution in [3.05, 3.63) is 35.9 Å². The average molecular weight is 202 g/mol. The summed E-state index contributed by atoms with van der Waals surface area (Å²) >= 11 is 0. The van der Waals surface area contributed by atoms with E-state index in [0.717, 1.165) is 6.42 Å². The molecule has 0 aromatic heterocycles. The number of ketones is 2. The van der Waals surface area contributed by atoms with Gasteiger partial charge in [-0.3, -0.25) is 9.59 Å². The van der Waals surface area contributed by atoms with E-state index in [1.54, 1.807) is 0 Å². The minimum Gasteiger partial charge on any atom is -0.299 e. The molecule has 0 aliphatic heterocycles. The van der Waals surface area contributed by atoms with E-state index in [1.807, 2.05) is 30.3 Å². The summed E-state index contributed by atoms with van der Waals surface area (Å²) in [4.78, 5) is 22.8. The van der Waals surface area contributed by atoms with Crippen molar-refractivity contribution in [2.24, 2.45) is 5.92 Å². The highest BCUT2D eigenvalue weighted by atomic mass is 16.2. The molecule has 2 rings (SSSR count). The third-order valence-corrected chi connectivity index (χ3v) is 2.96. The van der Waals surface area contributed by atoms with E-state index in [0.29, 0.717) is 19.3 Å². The van der Waals surface area contributed by atoms with Crippen LogP contribution in [0.5, 0.6) is 0 Å². The smallest absolute Gasteiger partial charge is 0.143 e. The molecule has 0 N–H and O–H groups in total. The summed E-state index contributed by atoms with van der Waals surface area (Å²) in [5, 5.41) is 0. The SMILES string of the molecule is O=C1CCC(=O)C1CCc1ccccc1. The Morgan fingerprint density at radius 1 is 1.00 bits per heavy atom. The van der Waals surface area contributed by atoms with Gasteiger partial charge in [-0.2, -0.15) is 0 Å². The van der Waals surface area contributed by atoms with Crippen LogP contribution in [0.2, 0.25) is 0 Å². The molecule has 0 bridgehead atoms. The van der Waals surface area contributed by atoms with Crippen LogP contribution < -0.4 is 0 Å². The highest BCUT2D eigenvalue weighted by Crippen LogP contribution is 2.22. The van der Waals surface area contributed by atoms with Crippen molar-refractivity contribution in [1.29, 1.82) is 0 Å². The van der Waals surface area contributed by atoms with E-state index in [9.17, 15) is 9.59 Å². The van der Waals surface area contributed by atoms with Crippen molar-refractivity contribution < 1.29 is 9.59 Å². The number of aryl methyl sites for hydroxylation is 1. The first-order chi connectivity index (χ1) is 7.27. The molecule has 2 nitrogen and oxygen atoms in total. The van der Waals surface area contributed by atoms with Gasteiger partial charge >= 0.3 is 0 Å². The van der Waals surface area contributed by atoms with Crippen LogP contribution in [0.4, 0.5) is 0 Å². The zero-order chi connectivity index (χ0) is 10.7. The Hall–Kier alpha value is -1.44. The highest BCUT2D eigenvalue weighted by Gasteiger charge is 2.31. The number of benzene rings is 1. The second-order valence-corrected chi connectivity index (χ2v) is 4.01. The zero-order valence-electron chi connectivity index (χ0n) is 8.61. The fourth-order valence-corrected chi connectivity index (χ4v) is 2.05. The molecule has 1 aromatic carbocycles. The van der Waals surface area contributed by atoms with Gasteiger partial charge in [-0.15, -0.1) is 0 Å². The molecular weight excluding hydrogens is 188 g/mol. The number of carbonyl (C=O) groups is 2. The third-order valence-electron chi connectivity index (χ3n) is 2.96. The quantitative estimate of drug-likeness (QED) is 0.704. The fourth-order valence-electron chi connectivity index (χ4n) is 2.05. The van der Waals surface area contributed by atoms with Crippen LogP contribution in [0.3, 0.4) is 0 Å². The van der Waals surface area contributed by atoms with Crippen molar-refractivity contribution in [3.63, 3.8) is 0 Å². The molecule has 1 saturated carbocycles. The van der Waals surface area contributed by atoms with Crippen molar-refractivity contribution >= 4 is 11.6 Å². The maximum atomic E-state index is 11.4. The summed E-state index contributed by atoms with van der Waals surface area (Å²) in [6.07, 6.45) is 2.42. The molecule has 1 aromatic rings. The lowest BCUT2D eigenvalue weighted by Crippen LogP contribution is -2.14. The van der Waals surface area contributed by atoms with Crippen LogP contribution in [0, 0.1) is 5.92 Å². The Labute approximate surface area is 89.3 Å². The predicted molar refractivity (Wildman–Crippen MR) is 57.5 cm³/mol. The van der Waals surface area contributed by atoms with Gasteiger partial charge in [-0.05, 0) is 18.4 Å². The van der Waals surface area contributed by atoms with Gasteiger partial charge in [-0.1, -0.05) is 30.3 Å². The van der Waals surface area contributed by atoms with E-state index in [4.69, 9.17) is 0 Å². The van der Waals surface area contributed by atoms with Crippen LogP contribution in [-0.4, -0.2) is 11.6 Å². The van der Waals surface area contributed by atoms with Crippen molar-refractivity contribution in [1.82, 2.24) is 0 Å². The maximum Gasteiger partial charge on any atom is 0.143 e. The Morgan fingerprint density at radius 2 is 1.60 bits per heavy atom. The lowest BCUT2D eigenvalue weighted by atomic mass is 9.97. The van der Waals surface area contributed by atoms with Gasteiger partial charge < -0.3 is 0 Å². The Balaban J connectivity index is 1.93. The molecule has 0 unspecified atom stereocenters. The number of rotatable bonds is 3. The number of hydrogen-bond acceptors (Lipinski definition) is 2. The molecule has 15 heavy (non-hydrogen) atoms. The molecule has 0 heterocycles. The molecule has 0 atom stereocenters. The second kappa shape index (κ2) is 4.39. The number of hydrogen-bond donors (Lipinski definition) is 0. The molecule has 1 aliphatic rings. The van der Waals surface area contributed by atoms with Crippen LogP contribution in [0.1, 0.15) is 24.8 Å². The molecule has 1 aliphatic carbocycles. The molecular formula is C13H14O2. The molecule has 0 spiro atoms. The van der Waals surface area contributed by atoms with Crippen LogP contribution in [0.15, 0.2) is 30.3 Å². The normalized spacial score (nSPS) is 17.3. The Morgan fingerprint density at radius 3 is 2.20 bits per heavy atom. The second-order valence-electron chi connectivity index (χ2n) is 4.01. The van der Waals surface area contributed by atoms with E-state index >= 15 is 0 Å². The summed E-state index contributed by atoms with van der Waals surface area (Å²) in [5.41, 5.74) is 1.20. The zero-order valence-corrected chi connectivity index (χ0v) is 8.61. The van der Waals surface area contributed by atoms with Gasteiger partial charge in [0.15, 0.2) is 0 Å². The van der Waals surface area contributed by atoms with Gasteiger partial charge in [0.05, 0.1) is 5.92 Å². The Kier molecular flexibility index (Phi) is 2.95. The summed E-state index contributed by atoms with van der Waals surface area (Å²) in [7, 11) is 0. The maximum absolute atomic E-state index is 11.4. The molecule has 1 fully saturated rings. The van der Waals surface area contributed by atoms with E-state index in [2.05, 4.69) is 0 Å². The van der Waals surface area contributed by atoms with Gasteiger partial charge in [0.2, 0.25) is 0 Å². The summed E-state index contributed by atoms with van der Waals surface area (Å²) in [6, 6.07) is 9.99. The largest absolute Gasteiger partial charge is 0.299 e. The van der Waals surface area contributed by atoms with Crippen LogP contribution in [0.25, 0.3) is 0 Å². The number of Topliss-reactive ketones (excluding diaryl/α,β-unsaturated/α-hetero) is 2. The molecule has 0 radical (unpaired) electrons. The van der Waals surface area contributed by atoms with Gasteiger partial charge in [0.1, 0.15) is 11.6 Å². The van der Waals surface area contributed by atoms with E-state index in [-0.39, 0.29) is 17.5 Å². The average Bonchev–Trinajstić information content (AvgIpc) is 2.58. The lowest BCUT2D eigenvalue weighted by Gasteiger charge is -2.06. The minimum atomic E-state index is -0.315. The highest BCUT2D eigenvalue weighted by molar-refractivity contribution is 6.08. The first-order valence-electron chi connectivity index (χ1n) is 5.37. The molecule has 0 amide bonds. The number of carbonyl (C=O) groups excluding carboxylic acids is 2. The summed E-state index contributed by atoms with van der Waals surface area (Å²) < 4.78 is 0. The predicted octanol–water partition coefficient (Wildman–Crippen LogP) is 2.17. The summed E-state index contributed by atoms with van der Waals surface area (Å²) in [6.45, 7) is 0. The summed E-state index contributed by atoms with van der Waals surface area (Å²) in [5.74, 6) is -0.0444. The topological polar surface area (TPSA) is 34.1 Å². The van der Waals surface area contributed by atoms with Crippen LogP contribution in [-0.2, 0) is 16.0 Å². The molecule has 78 valence electrons. The first-order valence-corrected chi connectivity index (χ1v) is 5.37. The molecule has 0 saturated heterocycles. The first kappa shape index (κ1) is 10.1. The molecule has 2 heteroatoms. The third kappa shape index (κ3) is 2.32. The van der Waals surface area contributed by atoms with Crippen molar-refractivity contribution in [2.45, 2.75) is 25.7 Å². The minimum absolute atomic E-state index is 0.135. The van der Waals surface area contributed by atoms with Crippen molar-refractivity contribution in [3.8, 4) is 0 Å². The fraction of sp³-hybridized carbons (Fsp3) is 0.385. The van der Waals surface area contributed by atoms with Crippen LogP contribution >= 0.6 is 0 Å². The van der Waals surface area contributed by atoms with E-state index < -0.39 is 0 Å². The van der Waals surface area contributed by atoms with Gasteiger partial charge in [0.25, 0.3) is 0 Å². The standard InChI is InChI=1S/C13H14O2/c14-12-8-9-13(15)11(12)7-6-10-4-2-1-3-5-10/h1-5,11H,6-9H2. The Bertz CT molecular complexity index is 351.